The van der Waals surface area contributed by atoms with Gasteiger partial charge in [0.2, 0.25) is 0 Å². The van der Waals surface area contributed by atoms with E-state index in [1.807, 2.05) is 19.2 Å². The normalized spacial score (nSPS) is 12.7. The number of H-pyrrole nitrogens is 1. The first kappa shape index (κ1) is 11.7. The third kappa shape index (κ3) is 2.66. The van der Waals surface area contributed by atoms with Crippen LogP contribution in [0.25, 0.3) is 0 Å². The molecule has 16 heavy (non-hydrogen) atoms. The molecule has 0 saturated heterocycles. The molecule has 84 valence electrons. The molecule has 0 aliphatic heterocycles. The van der Waals surface area contributed by atoms with Gasteiger partial charge >= 0.3 is 0 Å². The summed E-state index contributed by atoms with van der Waals surface area (Å²) < 4.78 is 1.04. The Morgan fingerprint density at radius 3 is 2.94 bits per heavy atom. The molecule has 0 saturated carbocycles. The Labute approximate surface area is 107 Å². The van der Waals surface area contributed by atoms with Crippen LogP contribution < -0.4 is 5.73 Å². The summed E-state index contributed by atoms with van der Waals surface area (Å²) in [5, 5.41) is 0.879. The van der Waals surface area contributed by atoms with Crippen molar-refractivity contribution in [3.8, 4) is 0 Å². The van der Waals surface area contributed by atoms with E-state index in [2.05, 4.69) is 38.0 Å². The summed E-state index contributed by atoms with van der Waals surface area (Å²) in [4.78, 5) is 8.39. The number of benzene rings is 1. The minimum Gasteiger partial charge on any atom is -0.339 e. The number of hydrogen-bond donors (Lipinski definition) is 2. The van der Waals surface area contributed by atoms with Crippen LogP contribution in [-0.4, -0.2) is 9.97 Å². The Morgan fingerprint density at radius 1 is 1.50 bits per heavy atom. The molecule has 0 bridgehead atoms. The van der Waals surface area contributed by atoms with Crippen molar-refractivity contribution in [2.24, 2.45) is 5.73 Å². The van der Waals surface area contributed by atoms with Gasteiger partial charge in [-0.25, -0.2) is 4.98 Å². The van der Waals surface area contributed by atoms with Gasteiger partial charge in [0.15, 0.2) is 5.16 Å². The number of nitrogens with zero attached hydrogens (tertiary/aromatic N) is 1. The molecule has 0 amide bonds. The van der Waals surface area contributed by atoms with E-state index >= 15 is 0 Å². The molecule has 0 spiro atoms. The highest BCUT2D eigenvalue weighted by atomic mass is 79.9. The first-order valence-electron chi connectivity index (χ1n) is 4.89. The van der Waals surface area contributed by atoms with Gasteiger partial charge in [0.1, 0.15) is 0 Å². The average molecular weight is 298 g/mol. The fourth-order valence-electron chi connectivity index (χ4n) is 1.38. The number of nitrogens with one attached hydrogen (secondary N) is 1. The van der Waals surface area contributed by atoms with Gasteiger partial charge in [0, 0.05) is 27.8 Å². The van der Waals surface area contributed by atoms with E-state index in [0.717, 1.165) is 20.1 Å². The van der Waals surface area contributed by atoms with Crippen molar-refractivity contribution in [3.05, 3.63) is 40.6 Å². The van der Waals surface area contributed by atoms with Crippen LogP contribution in [0.1, 0.15) is 18.5 Å². The molecule has 0 radical (unpaired) electrons. The molecule has 0 fully saturated rings. The standard InChI is InChI=1S/C11H12BrN3S/c1-7(13)9-6-8(12)2-3-10(9)16-11-14-4-5-15-11/h2-7H,13H2,1H3,(H,14,15). The zero-order valence-corrected chi connectivity index (χ0v) is 11.2. The highest BCUT2D eigenvalue weighted by molar-refractivity contribution is 9.10. The fourth-order valence-corrected chi connectivity index (χ4v) is 2.71. The maximum atomic E-state index is 5.95. The van der Waals surface area contributed by atoms with E-state index in [1.165, 1.54) is 0 Å². The van der Waals surface area contributed by atoms with Crippen molar-refractivity contribution in [1.82, 2.24) is 9.97 Å². The summed E-state index contributed by atoms with van der Waals surface area (Å²) in [7, 11) is 0. The van der Waals surface area contributed by atoms with Crippen LogP contribution in [0, 0.1) is 0 Å². The minimum absolute atomic E-state index is 0.00922. The molecule has 1 heterocycles. The Hall–Kier alpha value is -0.780. The number of nitrogens with two attached hydrogens (primary N) is 1. The lowest BCUT2D eigenvalue weighted by Gasteiger charge is -2.11. The molecular weight excluding hydrogens is 286 g/mol. The predicted octanol–water partition coefficient (Wildman–Crippen LogP) is 3.34. The molecular formula is C11H12BrN3S. The van der Waals surface area contributed by atoms with Gasteiger partial charge in [-0.05, 0) is 30.7 Å². The van der Waals surface area contributed by atoms with Crippen molar-refractivity contribution in [1.29, 1.82) is 0 Å². The maximum Gasteiger partial charge on any atom is 0.170 e. The van der Waals surface area contributed by atoms with Crippen molar-refractivity contribution < 1.29 is 0 Å². The topological polar surface area (TPSA) is 54.7 Å². The Kier molecular flexibility index (Phi) is 3.68. The number of imidazole rings is 1. The summed E-state index contributed by atoms with van der Waals surface area (Å²) >= 11 is 5.04. The van der Waals surface area contributed by atoms with Crippen molar-refractivity contribution in [2.45, 2.75) is 23.0 Å². The lowest BCUT2D eigenvalue weighted by atomic mass is 10.1. The van der Waals surface area contributed by atoms with Gasteiger partial charge in [-0.15, -0.1) is 0 Å². The van der Waals surface area contributed by atoms with Crippen molar-refractivity contribution >= 4 is 27.7 Å². The van der Waals surface area contributed by atoms with E-state index in [1.54, 1.807) is 18.0 Å². The van der Waals surface area contributed by atoms with Gasteiger partial charge in [-0.1, -0.05) is 27.7 Å². The van der Waals surface area contributed by atoms with E-state index in [-0.39, 0.29) is 6.04 Å². The smallest absolute Gasteiger partial charge is 0.170 e. The summed E-state index contributed by atoms with van der Waals surface area (Å²) in [5.41, 5.74) is 7.07. The van der Waals surface area contributed by atoms with Crippen LogP contribution in [0.15, 0.2) is 45.1 Å². The van der Waals surface area contributed by atoms with E-state index in [9.17, 15) is 0 Å². The second-order valence-electron chi connectivity index (χ2n) is 3.47. The fraction of sp³-hybridized carbons (Fsp3) is 0.182. The summed E-state index contributed by atoms with van der Waals surface area (Å²) in [5.74, 6) is 0. The van der Waals surface area contributed by atoms with Crippen molar-refractivity contribution in [3.63, 3.8) is 0 Å². The molecule has 5 heteroatoms. The number of aromatic amines is 1. The monoisotopic (exact) mass is 297 g/mol. The van der Waals surface area contributed by atoms with E-state index < -0.39 is 0 Å². The highest BCUT2D eigenvalue weighted by Crippen LogP contribution is 2.32. The second-order valence-corrected chi connectivity index (χ2v) is 5.41. The Balaban J connectivity index is 2.33. The number of halogens is 1. The Morgan fingerprint density at radius 2 is 2.31 bits per heavy atom. The van der Waals surface area contributed by atoms with Gasteiger partial charge < -0.3 is 10.7 Å². The van der Waals surface area contributed by atoms with Crippen LogP contribution in [0.3, 0.4) is 0 Å². The van der Waals surface area contributed by atoms with Crippen LogP contribution in [-0.2, 0) is 0 Å². The first-order chi connectivity index (χ1) is 7.66. The van der Waals surface area contributed by atoms with E-state index in [0.29, 0.717) is 0 Å². The van der Waals surface area contributed by atoms with E-state index in [4.69, 9.17) is 5.73 Å². The molecule has 0 aliphatic carbocycles. The quantitative estimate of drug-likeness (QED) is 0.913. The van der Waals surface area contributed by atoms with Gasteiger partial charge in [0.25, 0.3) is 0 Å². The van der Waals surface area contributed by atoms with Gasteiger partial charge in [-0.3, -0.25) is 0 Å². The average Bonchev–Trinajstić information content (AvgIpc) is 2.73. The molecule has 0 aliphatic rings. The lowest BCUT2D eigenvalue weighted by Crippen LogP contribution is -2.06. The third-order valence-electron chi connectivity index (χ3n) is 2.14. The summed E-state index contributed by atoms with van der Waals surface area (Å²) in [6.07, 6.45) is 3.56. The molecule has 1 aromatic carbocycles. The summed E-state index contributed by atoms with van der Waals surface area (Å²) in [6, 6.07) is 6.12. The van der Waals surface area contributed by atoms with Gasteiger partial charge in [-0.2, -0.15) is 0 Å². The number of aromatic nitrogens is 2. The molecule has 1 unspecified atom stereocenters. The molecule has 3 nitrogen and oxygen atoms in total. The molecule has 1 atom stereocenters. The predicted molar refractivity (Wildman–Crippen MR) is 69.5 cm³/mol. The minimum atomic E-state index is 0.00922. The second kappa shape index (κ2) is 5.03. The molecule has 2 rings (SSSR count). The SMILES string of the molecule is CC(N)c1cc(Br)ccc1Sc1ncc[nH]1. The molecule has 2 aromatic rings. The van der Waals surface area contributed by atoms with Crippen LogP contribution in [0.4, 0.5) is 0 Å². The maximum absolute atomic E-state index is 5.95. The molecule has 1 aromatic heterocycles. The molecule has 3 N–H and O–H groups in total. The van der Waals surface area contributed by atoms with Crippen LogP contribution in [0.5, 0.6) is 0 Å². The lowest BCUT2D eigenvalue weighted by molar-refractivity contribution is 0.796. The third-order valence-corrected chi connectivity index (χ3v) is 3.64. The zero-order valence-electron chi connectivity index (χ0n) is 8.77. The van der Waals surface area contributed by atoms with Gasteiger partial charge in [0.05, 0.1) is 0 Å². The first-order valence-corrected chi connectivity index (χ1v) is 6.50. The van der Waals surface area contributed by atoms with Crippen molar-refractivity contribution in [2.75, 3.05) is 0 Å². The zero-order chi connectivity index (χ0) is 11.5. The Bertz CT molecular complexity index is 468. The number of hydrogen-bond acceptors (Lipinski definition) is 3. The largest absolute Gasteiger partial charge is 0.339 e. The number of rotatable bonds is 3. The van der Waals surface area contributed by atoms with Crippen LogP contribution >= 0.6 is 27.7 Å². The summed E-state index contributed by atoms with van der Waals surface area (Å²) in [6.45, 7) is 1.98. The highest BCUT2D eigenvalue weighted by Gasteiger charge is 2.09. The van der Waals surface area contributed by atoms with Crippen LogP contribution in [0.2, 0.25) is 0 Å².